The fourth-order valence-electron chi connectivity index (χ4n) is 2.27. The average Bonchev–Trinajstić information content (AvgIpc) is 2.78. The first-order chi connectivity index (χ1) is 13.3. The van der Waals surface area contributed by atoms with E-state index in [1.54, 1.807) is 12.4 Å². The normalized spacial score (nSPS) is 8.10. The summed E-state index contributed by atoms with van der Waals surface area (Å²) in [5, 5.41) is 0.737. The van der Waals surface area contributed by atoms with Crippen molar-refractivity contribution < 1.29 is 43.7 Å². The molecule has 0 unspecified atom stereocenters. The minimum Gasteiger partial charge on any atom is -1.00 e. The molecule has 2 heterocycles. The first-order valence-corrected chi connectivity index (χ1v) is 9.55. The molecule has 4 rings (SSSR count). The molecule has 2 aromatic carbocycles. The molecule has 2 nitrogen and oxygen atoms in total. The first kappa shape index (κ1) is 35.2. The molecule has 0 aliphatic rings. The quantitative estimate of drug-likeness (QED) is 0.227. The van der Waals surface area contributed by atoms with Gasteiger partial charge >= 0.3 is 41.9 Å². The van der Waals surface area contributed by atoms with E-state index in [1.807, 2.05) is 84.9 Å². The van der Waals surface area contributed by atoms with E-state index in [1.165, 1.54) is 0 Å². The van der Waals surface area contributed by atoms with Crippen molar-refractivity contribution in [2.24, 2.45) is 0 Å². The average molecular weight is 517 g/mol. The molecule has 9 heteroatoms. The van der Waals surface area contributed by atoms with Gasteiger partial charge in [0.1, 0.15) is 0 Å². The molecule has 0 fully saturated rings. The van der Waals surface area contributed by atoms with Gasteiger partial charge in [-0.2, -0.15) is 0 Å². The molecule has 0 atom stereocenters. The third-order valence-corrected chi connectivity index (χ3v) is 3.79. The van der Waals surface area contributed by atoms with Crippen molar-refractivity contribution in [2.45, 2.75) is 0 Å². The molecule has 152 valence electrons. The molecule has 0 saturated heterocycles. The summed E-state index contributed by atoms with van der Waals surface area (Å²) in [7, 11) is 8.22. The zero-order chi connectivity index (χ0) is 19.3. The number of benzene rings is 2. The van der Waals surface area contributed by atoms with E-state index in [0.717, 1.165) is 27.5 Å². The summed E-state index contributed by atoms with van der Waals surface area (Å²) in [4.78, 5) is 8.44. The summed E-state index contributed by atoms with van der Waals surface area (Å²) in [5.74, 6) is 0. The number of aromatic nitrogens is 2. The predicted molar refractivity (Wildman–Crippen MR) is 121 cm³/mol. The van der Waals surface area contributed by atoms with Crippen LogP contribution in [0.15, 0.2) is 97.3 Å². The smallest absolute Gasteiger partial charge is 1.00 e. The Bertz CT molecular complexity index is 883. The van der Waals surface area contributed by atoms with Gasteiger partial charge in [0.15, 0.2) is 0 Å². The van der Waals surface area contributed by atoms with Gasteiger partial charge in [-0.05, 0) is 30.0 Å². The number of pyridine rings is 2. The van der Waals surface area contributed by atoms with Crippen molar-refractivity contribution in [3.8, 4) is 22.5 Å². The van der Waals surface area contributed by atoms with E-state index in [4.69, 9.17) is 11.6 Å². The Morgan fingerprint density at radius 1 is 0.645 bits per heavy atom. The molecule has 31 heavy (non-hydrogen) atoms. The Labute approximate surface area is 238 Å². The van der Waals surface area contributed by atoms with Gasteiger partial charge in [-0.25, -0.2) is 0 Å². The van der Waals surface area contributed by atoms with Gasteiger partial charge in [0.2, 0.25) is 0 Å². The van der Waals surface area contributed by atoms with Gasteiger partial charge in [0.05, 0.1) is 5.69 Å². The molecule has 4 aromatic rings. The monoisotopic (exact) mass is 514 g/mol. The molecule has 0 spiro atoms. The Kier molecular flexibility index (Phi) is 24.3. The van der Waals surface area contributed by atoms with Gasteiger partial charge in [0.25, 0.3) is 0 Å². The fourth-order valence-corrected chi connectivity index (χ4v) is 2.50. The predicted octanol–water partition coefficient (Wildman–Crippen LogP) is -2.04. The second-order valence-corrected chi connectivity index (χ2v) is 5.59. The Hall–Kier alpha value is -0.446. The first-order valence-electron chi connectivity index (χ1n) is 8.03. The second kappa shape index (κ2) is 21.4. The van der Waals surface area contributed by atoms with E-state index in [-0.39, 0.29) is 66.7 Å². The van der Waals surface area contributed by atoms with E-state index >= 15 is 0 Å². The number of rotatable bonds is 2. The van der Waals surface area contributed by atoms with Crippen LogP contribution in [0.3, 0.4) is 0 Å². The van der Waals surface area contributed by atoms with Gasteiger partial charge in [-0.3, -0.25) is 4.98 Å². The second-order valence-electron chi connectivity index (χ2n) is 5.19. The molecule has 0 amide bonds. The van der Waals surface area contributed by atoms with Gasteiger partial charge in [-0.1, -0.05) is 48.0 Å². The molecular formula is C22H16Cl5LiMgN2. The molecule has 0 radical (unpaired) electrons. The van der Waals surface area contributed by atoms with Gasteiger partial charge < -0.3 is 29.8 Å². The van der Waals surface area contributed by atoms with Crippen LogP contribution >= 0.6 is 33.3 Å². The maximum absolute atomic E-state index is 6.02. The van der Waals surface area contributed by atoms with Crippen molar-refractivity contribution in [3.63, 3.8) is 0 Å². The van der Waals surface area contributed by atoms with Crippen LogP contribution in [0.2, 0.25) is 5.02 Å². The maximum atomic E-state index is 6.02. The Morgan fingerprint density at radius 3 is 1.65 bits per heavy atom. The summed E-state index contributed by atoms with van der Waals surface area (Å²) in [6.45, 7) is 0. The minimum atomic E-state index is 0. The topological polar surface area (TPSA) is 25.8 Å². The summed E-state index contributed by atoms with van der Waals surface area (Å²) in [6, 6.07) is 30.3. The number of halogens is 5. The maximum Gasteiger partial charge on any atom is 2.00 e. The third kappa shape index (κ3) is 12.4. The van der Waals surface area contributed by atoms with Gasteiger partial charge in [-0.15, -0.1) is 35.9 Å². The zero-order valence-electron chi connectivity index (χ0n) is 16.7. The Morgan fingerprint density at radius 2 is 1.16 bits per heavy atom. The molecule has 0 aliphatic heterocycles. The number of hydrogen-bond donors (Lipinski definition) is 0. The van der Waals surface area contributed by atoms with Crippen molar-refractivity contribution in [2.75, 3.05) is 0 Å². The Balaban J connectivity index is -0.000000419. The van der Waals surface area contributed by atoms with Crippen LogP contribution in [-0.2, 0) is 0 Å². The van der Waals surface area contributed by atoms with Crippen LogP contribution in [0.5, 0.6) is 0 Å². The fraction of sp³-hybridized carbons (Fsp3) is 0. The van der Waals surface area contributed by atoms with Crippen molar-refractivity contribution in [1.29, 1.82) is 0 Å². The SMILES string of the molecule is ClCl.Clc1ccccc1-c1ccccn1.[Cl-].[Cl-].[Li+].[Mg+2].[c-]1ccccc1-c1ccccn1. The summed E-state index contributed by atoms with van der Waals surface area (Å²) >= 11 is 6.02. The van der Waals surface area contributed by atoms with Crippen molar-refractivity contribution in [1.82, 2.24) is 9.97 Å². The molecule has 0 aliphatic carbocycles. The number of nitrogens with zero attached hydrogens (tertiary/aromatic N) is 2. The van der Waals surface area contributed by atoms with Crippen molar-refractivity contribution in [3.05, 3.63) is 108 Å². The molecule has 0 bridgehead atoms. The molecule has 0 saturated carbocycles. The van der Waals surface area contributed by atoms with Crippen LogP contribution in [0.4, 0.5) is 0 Å². The van der Waals surface area contributed by atoms with E-state index in [9.17, 15) is 0 Å². The van der Waals surface area contributed by atoms with Crippen LogP contribution < -0.4 is 43.7 Å². The summed E-state index contributed by atoms with van der Waals surface area (Å²) in [6.07, 6.45) is 3.55. The van der Waals surface area contributed by atoms with Crippen molar-refractivity contribution >= 4 is 56.4 Å². The summed E-state index contributed by atoms with van der Waals surface area (Å²) < 4.78 is 0. The van der Waals surface area contributed by atoms with Crippen LogP contribution in [0.1, 0.15) is 0 Å². The van der Waals surface area contributed by atoms with Crippen LogP contribution in [-0.4, -0.2) is 33.0 Å². The van der Waals surface area contributed by atoms with E-state index < -0.39 is 0 Å². The molecule has 2 aromatic heterocycles. The minimum absolute atomic E-state index is 0. The van der Waals surface area contributed by atoms with E-state index in [2.05, 4.69) is 37.7 Å². The number of hydrogen-bond acceptors (Lipinski definition) is 2. The van der Waals surface area contributed by atoms with Crippen LogP contribution in [0.25, 0.3) is 22.5 Å². The molecular weight excluding hydrogens is 501 g/mol. The molecule has 0 N–H and O–H groups in total. The van der Waals surface area contributed by atoms with E-state index in [0.29, 0.717) is 0 Å². The standard InChI is InChI=1S/C11H8ClN.C11H8N.Cl2.2ClH.Li.Mg/c12-10-6-2-1-5-9(10)11-7-3-4-8-13-11;1-2-6-10(7-3-1)11-8-4-5-9-12-11;1-2;;;;/h1-8H;1-6,8-9H;;2*1H;;/q;-1;;;;+1;+2/p-2. The largest absolute Gasteiger partial charge is 2.00 e. The van der Waals surface area contributed by atoms with Crippen LogP contribution in [0, 0.1) is 6.07 Å². The van der Waals surface area contributed by atoms with Gasteiger partial charge in [0, 0.05) is 44.7 Å². The summed E-state index contributed by atoms with van der Waals surface area (Å²) in [5.41, 5.74) is 3.90. The zero-order valence-corrected chi connectivity index (χ0v) is 21.9. The third-order valence-electron chi connectivity index (χ3n) is 3.46.